The Morgan fingerprint density at radius 3 is 2.28 bits per heavy atom. The Bertz CT molecular complexity index is 740. The highest BCUT2D eigenvalue weighted by Crippen LogP contribution is 2.34. The Morgan fingerprint density at radius 2 is 1.76 bits per heavy atom. The van der Waals surface area contributed by atoms with Gasteiger partial charge in [-0.1, -0.05) is 12.1 Å². The van der Waals surface area contributed by atoms with Crippen LogP contribution in [0, 0.1) is 0 Å². The van der Waals surface area contributed by atoms with Gasteiger partial charge in [-0.25, -0.2) is 4.79 Å². The molecule has 25 heavy (non-hydrogen) atoms. The van der Waals surface area contributed by atoms with Gasteiger partial charge in [-0.2, -0.15) is 13.2 Å². The fourth-order valence-corrected chi connectivity index (χ4v) is 2.19. The first-order chi connectivity index (χ1) is 11.7. The Labute approximate surface area is 143 Å². The van der Waals surface area contributed by atoms with E-state index in [0.717, 1.165) is 12.1 Å². The summed E-state index contributed by atoms with van der Waals surface area (Å²) in [6, 6.07) is 8.99. The Morgan fingerprint density at radius 1 is 1.12 bits per heavy atom. The number of halogens is 3. The molecule has 0 bridgehead atoms. The van der Waals surface area contributed by atoms with E-state index in [0.29, 0.717) is 30.0 Å². The highest BCUT2D eigenvalue weighted by Gasteiger charge is 2.30. The van der Waals surface area contributed by atoms with Crippen molar-refractivity contribution in [2.24, 2.45) is 0 Å². The summed E-state index contributed by atoms with van der Waals surface area (Å²) < 4.78 is 43.7. The normalized spacial score (nSPS) is 11.6. The van der Waals surface area contributed by atoms with Crippen molar-refractivity contribution in [3.8, 4) is 16.9 Å². The second-order valence-corrected chi connectivity index (χ2v) is 5.74. The molecule has 2 aromatic carbocycles. The van der Waals surface area contributed by atoms with Crippen LogP contribution in [0.25, 0.3) is 11.1 Å². The zero-order chi connectivity index (χ0) is 18.6. The molecule has 2 aromatic rings. The van der Waals surface area contributed by atoms with Crippen LogP contribution in [-0.2, 0) is 6.18 Å². The minimum Gasteiger partial charge on any atom is -0.492 e. The van der Waals surface area contributed by atoms with Crippen LogP contribution < -0.4 is 4.74 Å². The average Bonchev–Trinajstić information content (AvgIpc) is 2.53. The van der Waals surface area contributed by atoms with Crippen molar-refractivity contribution in [3.63, 3.8) is 0 Å². The van der Waals surface area contributed by atoms with Crippen LogP contribution in [0.15, 0.2) is 42.5 Å². The van der Waals surface area contributed by atoms with Crippen molar-refractivity contribution in [1.29, 1.82) is 0 Å². The number of likely N-dealkylation sites (N-methyl/N-ethyl adjacent to an activating group) is 1. The van der Waals surface area contributed by atoms with E-state index in [9.17, 15) is 18.0 Å². The van der Waals surface area contributed by atoms with E-state index in [4.69, 9.17) is 9.84 Å². The van der Waals surface area contributed by atoms with Crippen molar-refractivity contribution in [1.82, 2.24) is 4.90 Å². The van der Waals surface area contributed by atoms with Gasteiger partial charge >= 0.3 is 12.1 Å². The lowest BCUT2D eigenvalue weighted by Crippen LogP contribution is -2.19. The van der Waals surface area contributed by atoms with E-state index in [1.807, 2.05) is 19.0 Å². The maximum atomic E-state index is 12.7. The zero-order valence-electron chi connectivity index (χ0n) is 13.8. The number of hydrogen-bond donors (Lipinski definition) is 1. The third-order valence-electron chi connectivity index (χ3n) is 3.55. The number of benzene rings is 2. The van der Waals surface area contributed by atoms with E-state index in [1.165, 1.54) is 30.3 Å². The number of carbonyl (C=O) groups is 1. The molecule has 0 aromatic heterocycles. The van der Waals surface area contributed by atoms with Gasteiger partial charge in [-0.3, -0.25) is 0 Å². The maximum absolute atomic E-state index is 12.7. The number of alkyl halides is 3. The Balaban J connectivity index is 2.36. The number of ether oxygens (including phenoxy) is 1. The Hall–Kier alpha value is -2.54. The predicted molar refractivity (Wildman–Crippen MR) is 87.9 cm³/mol. The summed E-state index contributed by atoms with van der Waals surface area (Å²) in [5.41, 5.74) is 0.367. The largest absolute Gasteiger partial charge is 0.492 e. The molecule has 134 valence electrons. The van der Waals surface area contributed by atoms with Gasteiger partial charge in [-0.05, 0) is 50.0 Å². The summed E-state index contributed by atoms with van der Waals surface area (Å²) in [4.78, 5) is 13.1. The second-order valence-electron chi connectivity index (χ2n) is 5.74. The van der Waals surface area contributed by atoms with Crippen LogP contribution in [0.4, 0.5) is 13.2 Å². The summed E-state index contributed by atoms with van der Waals surface area (Å²) in [6.07, 6.45) is -4.41. The topological polar surface area (TPSA) is 49.8 Å². The van der Waals surface area contributed by atoms with Crippen LogP contribution in [0.2, 0.25) is 0 Å². The molecule has 0 spiro atoms. The molecule has 2 rings (SSSR count). The summed E-state index contributed by atoms with van der Waals surface area (Å²) in [6.45, 7) is 0.938. The number of nitrogens with zero attached hydrogens (tertiary/aromatic N) is 1. The second kappa shape index (κ2) is 7.57. The zero-order valence-corrected chi connectivity index (χ0v) is 13.8. The molecule has 1 N–H and O–H groups in total. The van der Waals surface area contributed by atoms with Crippen molar-refractivity contribution in [3.05, 3.63) is 53.6 Å². The van der Waals surface area contributed by atoms with E-state index in [1.54, 1.807) is 0 Å². The standard InChI is InChI=1S/C18H18F3NO3/c1-22(2)9-10-25-16-11-13(17(23)24)5-8-15(16)12-3-6-14(7-4-12)18(19,20)21/h3-8,11H,9-10H2,1-2H3,(H,23,24). The van der Waals surface area contributed by atoms with E-state index < -0.39 is 17.7 Å². The molecule has 0 aliphatic carbocycles. The molecular weight excluding hydrogens is 335 g/mol. The molecule has 0 radical (unpaired) electrons. The third kappa shape index (κ3) is 4.96. The molecule has 0 atom stereocenters. The van der Waals surface area contributed by atoms with Gasteiger partial charge in [0.15, 0.2) is 0 Å². The molecule has 0 heterocycles. The van der Waals surface area contributed by atoms with Crippen LogP contribution in [0.3, 0.4) is 0 Å². The monoisotopic (exact) mass is 353 g/mol. The molecule has 4 nitrogen and oxygen atoms in total. The molecule has 7 heteroatoms. The number of carboxylic acid groups (broad SMARTS) is 1. The van der Waals surface area contributed by atoms with Crippen molar-refractivity contribution in [2.45, 2.75) is 6.18 Å². The molecule has 0 aliphatic heterocycles. The lowest BCUT2D eigenvalue weighted by molar-refractivity contribution is -0.137. The minimum atomic E-state index is -4.41. The summed E-state index contributed by atoms with van der Waals surface area (Å²) in [5.74, 6) is -0.780. The minimum absolute atomic E-state index is 0.0514. The van der Waals surface area contributed by atoms with Crippen molar-refractivity contribution >= 4 is 5.97 Å². The molecule has 0 fully saturated rings. The van der Waals surface area contributed by atoms with E-state index in [2.05, 4.69) is 0 Å². The molecule has 0 saturated carbocycles. The lowest BCUT2D eigenvalue weighted by atomic mass is 10.0. The quantitative estimate of drug-likeness (QED) is 0.852. The van der Waals surface area contributed by atoms with Crippen molar-refractivity contribution < 1.29 is 27.8 Å². The molecule has 0 unspecified atom stereocenters. The van der Waals surface area contributed by atoms with Crippen LogP contribution >= 0.6 is 0 Å². The van der Waals surface area contributed by atoms with Gasteiger partial charge in [0.25, 0.3) is 0 Å². The smallest absolute Gasteiger partial charge is 0.416 e. The average molecular weight is 353 g/mol. The Kier molecular flexibility index (Phi) is 5.69. The van der Waals surface area contributed by atoms with E-state index in [-0.39, 0.29) is 5.56 Å². The fourth-order valence-electron chi connectivity index (χ4n) is 2.19. The highest BCUT2D eigenvalue weighted by molar-refractivity contribution is 5.89. The van der Waals surface area contributed by atoms with Crippen LogP contribution in [0.5, 0.6) is 5.75 Å². The van der Waals surface area contributed by atoms with Crippen molar-refractivity contribution in [2.75, 3.05) is 27.2 Å². The molecule has 0 amide bonds. The first kappa shape index (κ1) is 18.8. The summed E-state index contributed by atoms with van der Waals surface area (Å²) in [7, 11) is 3.74. The number of aromatic carboxylic acids is 1. The molecule has 0 aliphatic rings. The maximum Gasteiger partial charge on any atom is 0.416 e. The fraction of sp³-hybridized carbons (Fsp3) is 0.278. The van der Waals surface area contributed by atoms with Gasteiger partial charge < -0.3 is 14.7 Å². The molecule has 0 saturated heterocycles. The van der Waals surface area contributed by atoms with Gasteiger partial charge in [0.1, 0.15) is 12.4 Å². The van der Waals surface area contributed by atoms with Gasteiger partial charge in [0.05, 0.1) is 11.1 Å². The molecular formula is C18H18F3NO3. The predicted octanol–water partition coefficient (Wildman–Crippen LogP) is 4.01. The highest BCUT2D eigenvalue weighted by atomic mass is 19.4. The van der Waals surface area contributed by atoms with Crippen LogP contribution in [-0.4, -0.2) is 43.2 Å². The summed E-state index contributed by atoms with van der Waals surface area (Å²) >= 11 is 0. The van der Waals surface area contributed by atoms with Gasteiger partial charge in [-0.15, -0.1) is 0 Å². The first-order valence-electron chi connectivity index (χ1n) is 7.51. The number of carboxylic acids is 1. The summed E-state index contributed by atoms with van der Waals surface area (Å²) in [5, 5.41) is 9.12. The number of rotatable bonds is 6. The lowest BCUT2D eigenvalue weighted by Gasteiger charge is -2.15. The number of hydrogen-bond acceptors (Lipinski definition) is 3. The first-order valence-corrected chi connectivity index (χ1v) is 7.51. The third-order valence-corrected chi connectivity index (χ3v) is 3.55. The SMILES string of the molecule is CN(C)CCOc1cc(C(=O)O)ccc1-c1ccc(C(F)(F)F)cc1. The van der Waals surface area contributed by atoms with Gasteiger partial charge in [0, 0.05) is 12.1 Å². The van der Waals surface area contributed by atoms with Gasteiger partial charge in [0.2, 0.25) is 0 Å². The van der Waals surface area contributed by atoms with E-state index >= 15 is 0 Å². The van der Waals surface area contributed by atoms with Crippen LogP contribution in [0.1, 0.15) is 15.9 Å².